The van der Waals surface area contributed by atoms with E-state index in [1.54, 1.807) is 20.3 Å². The highest BCUT2D eigenvalue weighted by Gasteiger charge is 2.04. The van der Waals surface area contributed by atoms with Crippen LogP contribution < -0.4 is 9.47 Å². The van der Waals surface area contributed by atoms with Gasteiger partial charge in [0.15, 0.2) is 0 Å². The quantitative estimate of drug-likeness (QED) is 0.629. The summed E-state index contributed by atoms with van der Waals surface area (Å²) in [5.74, 6) is 0.488. The highest BCUT2D eigenvalue weighted by Crippen LogP contribution is 2.13. The lowest BCUT2D eigenvalue weighted by Gasteiger charge is -2.08. The molecule has 0 atom stereocenters. The Morgan fingerprint density at radius 2 is 1.59 bits per heavy atom. The highest BCUT2D eigenvalue weighted by molar-refractivity contribution is 5.17. The van der Waals surface area contributed by atoms with Gasteiger partial charge in [0.25, 0.3) is 0 Å². The van der Waals surface area contributed by atoms with Crippen LogP contribution in [0.4, 0.5) is 0 Å². The van der Waals surface area contributed by atoms with Crippen LogP contribution in [0.3, 0.4) is 0 Å². The zero-order chi connectivity index (χ0) is 12.5. The topological polar surface area (TPSA) is 62.7 Å². The first-order valence-corrected chi connectivity index (χ1v) is 5.35. The van der Waals surface area contributed by atoms with E-state index in [0.717, 1.165) is 5.69 Å². The number of hydrogen-bond donors (Lipinski definition) is 0. The maximum absolute atomic E-state index is 5.39. The van der Waals surface area contributed by atoms with Crippen LogP contribution in [0.1, 0.15) is 5.69 Å². The zero-order valence-electron chi connectivity index (χ0n) is 10.4. The maximum Gasteiger partial charge on any atom is 0.320 e. The van der Waals surface area contributed by atoms with E-state index in [1.807, 2.05) is 6.92 Å². The van der Waals surface area contributed by atoms with Gasteiger partial charge in [-0.05, 0) is 6.92 Å². The largest absolute Gasteiger partial charge is 0.475 e. The van der Waals surface area contributed by atoms with E-state index in [-0.39, 0.29) is 0 Å². The summed E-state index contributed by atoms with van der Waals surface area (Å²) in [5.41, 5.74) is 0.792. The minimum absolute atomic E-state index is 0.300. The number of rotatable bonds is 8. The molecule has 0 spiro atoms. The van der Waals surface area contributed by atoms with E-state index in [2.05, 4.69) is 9.97 Å². The Morgan fingerprint density at radius 1 is 0.941 bits per heavy atom. The number of methoxy groups -OCH3 is 2. The number of ether oxygens (including phenoxy) is 4. The fourth-order valence-electron chi connectivity index (χ4n) is 1.10. The predicted molar refractivity (Wildman–Crippen MR) is 61.5 cm³/mol. The first-order chi connectivity index (χ1) is 8.26. The van der Waals surface area contributed by atoms with Crippen molar-refractivity contribution in [2.45, 2.75) is 6.92 Å². The molecule has 0 amide bonds. The van der Waals surface area contributed by atoms with Crippen molar-refractivity contribution in [2.24, 2.45) is 0 Å². The summed E-state index contributed by atoms with van der Waals surface area (Å²) >= 11 is 0. The molecule has 0 aliphatic heterocycles. The van der Waals surface area contributed by atoms with Gasteiger partial charge in [0.1, 0.15) is 13.2 Å². The molecule has 17 heavy (non-hydrogen) atoms. The number of hydrogen-bond acceptors (Lipinski definition) is 6. The Balaban J connectivity index is 2.53. The summed E-state index contributed by atoms with van der Waals surface area (Å²) in [5, 5.41) is 0. The summed E-state index contributed by atoms with van der Waals surface area (Å²) in [6.07, 6.45) is 0. The van der Waals surface area contributed by atoms with E-state index in [1.165, 1.54) is 0 Å². The summed E-state index contributed by atoms with van der Waals surface area (Å²) in [7, 11) is 3.23. The lowest BCUT2D eigenvalue weighted by atomic mass is 10.4. The average molecular weight is 242 g/mol. The van der Waals surface area contributed by atoms with Gasteiger partial charge in [-0.3, -0.25) is 0 Å². The Hall–Kier alpha value is -1.40. The van der Waals surface area contributed by atoms with Gasteiger partial charge in [-0.2, -0.15) is 4.98 Å². The van der Waals surface area contributed by atoms with Crippen molar-refractivity contribution in [2.75, 3.05) is 40.6 Å². The third-order valence-corrected chi connectivity index (χ3v) is 1.87. The highest BCUT2D eigenvalue weighted by atomic mass is 16.5. The van der Waals surface area contributed by atoms with Gasteiger partial charge in [0.2, 0.25) is 5.88 Å². The van der Waals surface area contributed by atoms with Crippen molar-refractivity contribution in [1.29, 1.82) is 0 Å². The number of aryl methyl sites for hydroxylation is 1. The summed E-state index contributed by atoms with van der Waals surface area (Å²) in [4.78, 5) is 8.24. The van der Waals surface area contributed by atoms with Crippen molar-refractivity contribution in [3.63, 3.8) is 0 Å². The van der Waals surface area contributed by atoms with Crippen molar-refractivity contribution in [3.8, 4) is 11.9 Å². The summed E-state index contributed by atoms with van der Waals surface area (Å²) < 4.78 is 20.5. The number of nitrogens with zero attached hydrogens (tertiary/aromatic N) is 2. The molecule has 6 nitrogen and oxygen atoms in total. The fourth-order valence-corrected chi connectivity index (χ4v) is 1.10. The summed E-state index contributed by atoms with van der Waals surface area (Å²) in [6.45, 7) is 3.73. The molecule has 0 saturated heterocycles. The minimum Gasteiger partial charge on any atom is -0.475 e. The van der Waals surface area contributed by atoms with Crippen molar-refractivity contribution < 1.29 is 18.9 Å². The van der Waals surface area contributed by atoms with Crippen LogP contribution in [-0.2, 0) is 9.47 Å². The maximum atomic E-state index is 5.39. The zero-order valence-corrected chi connectivity index (χ0v) is 10.4. The molecule has 0 aromatic carbocycles. The molecule has 1 heterocycles. The fraction of sp³-hybridized carbons (Fsp3) is 0.636. The first-order valence-electron chi connectivity index (χ1n) is 5.35. The molecule has 0 aliphatic carbocycles. The molecule has 1 aromatic rings. The Labute approximate surface area is 101 Å². The molecule has 0 unspecified atom stereocenters. The van der Waals surface area contributed by atoms with Gasteiger partial charge in [0, 0.05) is 26.0 Å². The van der Waals surface area contributed by atoms with Crippen LogP contribution in [-0.4, -0.2) is 50.6 Å². The minimum atomic E-state index is 0.300. The molecule has 0 fully saturated rings. The SMILES string of the molecule is COCCOc1cc(C)nc(OCCOC)n1. The van der Waals surface area contributed by atoms with Crippen LogP contribution in [0.5, 0.6) is 11.9 Å². The third kappa shape index (κ3) is 5.46. The van der Waals surface area contributed by atoms with Crippen molar-refractivity contribution in [1.82, 2.24) is 9.97 Å². The molecule has 0 radical (unpaired) electrons. The van der Waals surface area contributed by atoms with Crippen LogP contribution in [0.15, 0.2) is 6.07 Å². The lowest BCUT2D eigenvalue weighted by molar-refractivity contribution is 0.134. The second-order valence-electron chi connectivity index (χ2n) is 3.31. The van der Waals surface area contributed by atoms with Crippen molar-refractivity contribution >= 4 is 0 Å². The van der Waals surface area contributed by atoms with Crippen LogP contribution >= 0.6 is 0 Å². The van der Waals surface area contributed by atoms with E-state index < -0.39 is 0 Å². The average Bonchev–Trinajstić information content (AvgIpc) is 2.29. The molecule has 1 aromatic heterocycles. The molecular weight excluding hydrogens is 224 g/mol. The Bertz CT molecular complexity index is 305. The molecule has 6 heteroatoms. The van der Waals surface area contributed by atoms with E-state index in [9.17, 15) is 0 Å². The first kappa shape index (κ1) is 13.7. The van der Waals surface area contributed by atoms with Gasteiger partial charge in [-0.1, -0.05) is 0 Å². The normalized spacial score (nSPS) is 10.3. The van der Waals surface area contributed by atoms with Crippen LogP contribution in [0, 0.1) is 6.92 Å². The third-order valence-electron chi connectivity index (χ3n) is 1.87. The standard InChI is InChI=1S/C11H18N2O4/c1-9-8-10(16-6-4-14-2)13-11(12-9)17-7-5-15-3/h8H,4-7H2,1-3H3. The lowest BCUT2D eigenvalue weighted by Crippen LogP contribution is -2.09. The molecule has 0 aliphatic rings. The monoisotopic (exact) mass is 242 g/mol. The van der Waals surface area contributed by atoms with Crippen LogP contribution in [0.25, 0.3) is 0 Å². The van der Waals surface area contributed by atoms with Gasteiger partial charge in [-0.15, -0.1) is 0 Å². The molecule has 0 N–H and O–H groups in total. The Morgan fingerprint density at radius 3 is 2.24 bits per heavy atom. The smallest absolute Gasteiger partial charge is 0.320 e. The van der Waals surface area contributed by atoms with Gasteiger partial charge in [-0.25, -0.2) is 4.98 Å². The van der Waals surface area contributed by atoms with Crippen molar-refractivity contribution in [3.05, 3.63) is 11.8 Å². The Kier molecular flexibility index (Phi) is 6.27. The molecule has 0 saturated carbocycles. The molecule has 0 bridgehead atoms. The van der Waals surface area contributed by atoms with E-state index in [4.69, 9.17) is 18.9 Å². The summed E-state index contributed by atoms with van der Waals surface area (Å²) in [6, 6.07) is 2.05. The second-order valence-corrected chi connectivity index (χ2v) is 3.31. The molecular formula is C11H18N2O4. The van der Waals surface area contributed by atoms with Gasteiger partial charge < -0.3 is 18.9 Å². The van der Waals surface area contributed by atoms with E-state index >= 15 is 0 Å². The van der Waals surface area contributed by atoms with Gasteiger partial charge >= 0.3 is 6.01 Å². The van der Waals surface area contributed by atoms with Crippen LogP contribution in [0.2, 0.25) is 0 Å². The second kappa shape index (κ2) is 7.81. The van der Waals surface area contributed by atoms with E-state index in [0.29, 0.717) is 38.3 Å². The predicted octanol–water partition coefficient (Wildman–Crippen LogP) is 0.835. The number of aromatic nitrogens is 2. The molecule has 96 valence electrons. The molecule has 1 rings (SSSR count). The van der Waals surface area contributed by atoms with Gasteiger partial charge in [0.05, 0.1) is 13.2 Å².